The molecule has 0 unspecified atom stereocenters. The Hall–Kier alpha value is -3.02. The van der Waals surface area contributed by atoms with Crippen LogP contribution in [0.1, 0.15) is 37.6 Å². The van der Waals surface area contributed by atoms with E-state index in [1.54, 1.807) is 49.4 Å². The van der Waals surface area contributed by atoms with Crippen LogP contribution in [0.5, 0.6) is 11.5 Å². The van der Waals surface area contributed by atoms with E-state index >= 15 is 0 Å². The smallest absolute Gasteiger partial charge is 0.255 e. The van der Waals surface area contributed by atoms with Gasteiger partial charge in [0.25, 0.3) is 5.91 Å². The standard InChI is InChI=1S/C20H24N2O4/c1-4-19(23)21-15-7-9-16(10-8-15)22-20(24)14-11-17(25-5-2)13-18(12-14)26-6-3/h7-13H,4-6H2,1-3H3,(H,21,23)(H,22,24). The van der Waals surface area contributed by atoms with Crippen molar-refractivity contribution in [1.82, 2.24) is 0 Å². The van der Waals surface area contributed by atoms with E-state index in [2.05, 4.69) is 10.6 Å². The minimum atomic E-state index is -0.266. The summed E-state index contributed by atoms with van der Waals surface area (Å²) in [6, 6.07) is 12.1. The number of rotatable bonds is 8. The highest BCUT2D eigenvalue weighted by Gasteiger charge is 2.11. The van der Waals surface area contributed by atoms with E-state index in [0.29, 0.717) is 48.1 Å². The Bertz CT molecular complexity index is 733. The zero-order valence-corrected chi connectivity index (χ0v) is 15.3. The van der Waals surface area contributed by atoms with E-state index in [1.165, 1.54) is 0 Å². The van der Waals surface area contributed by atoms with Crippen molar-refractivity contribution in [2.45, 2.75) is 27.2 Å². The van der Waals surface area contributed by atoms with Crippen molar-refractivity contribution in [1.29, 1.82) is 0 Å². The van der Waals surface area contributed by atoms with Crippen LogP contribution >= 0.6 is 0 Å². The van der Waals surface area contributed by atoms with Gasteiger partial charge in [0.2, 0.25) is 5.91 Å². The fourth-order valence-electron chi connectivity index (χ4n) is 2.29. The molecule has 0 aliphatic rings. The molecule has 0 spiro atoms. The lowest BCUT2D eigenvalue weighted by Gasteiger charge is -2.11. The maximum absolute atomic E-state index is 12.5. The highest BCUT2D eigenvalue weighted by molar-refractivity contribution is 6.05. The molecule has 6 nitrogen and oxygen atoms in total. The first-order chi connectivity index (χ1) is 12.5. The van der Waals surface area contributed by atoms with Crippen LogP contribution in [0.25, 0.3) is 0 Å². The number of benzene rings is 2. The third kappa shape index (κ3) is 5.51. The molecule has 0 atom stereocenters. The van der Waals surface area contributed by atoms with Crippen molar-refractivity contribution >= 4 is 23.2 Å². The van der Waals surface area contributed by atoms with Crippen LogP contribution in [0.3, 0.4) is 0 Å². The molecule has 6 heteroatoms. The van der Waals surface area contributed by atoms with E-state index in [9.17, 15) is 9.59 Å². The number of hydrogen-bond acceptors (Lipinski definition) is 4. The molecule has 2 aromatic carbocycles. The molecular weight excluding hydrogens is 332 g/mol. The van der Waals surface area contributed by atoms with Gasteiger partial charge in [0.1, 0.15) is 11.5 Å². The van der Waals surface area contributed by atoms with E-state index in [1.807, 2.05) is 13.8 Å². The van der Waals surface area contributed by atoms with Crippen molar-refractivity contribution in [2.24, 2.45) is 0 Å². The van der Waals surface area contributed by atoms with Crippen LogP contribution in [-0.4, -0.2) is 25.0 Å². The summed E-state index contributed by atoms with van der Waals surface area (Å²) in [6.07, 6.45) is 0.414. The third-order valence-electron chi connectivity index (χ3n) is 3.51. The van der Waals surface area contributed by atoms with E-state index in [-0.39, 0.29) is 11.8 Å². The van der Waals surface area contributed by atoms with Crippen molar-refractivity contribution in [3.8, 4) is 11.5 Å². The topological polar surface area (TPSA) is 76.7 Å². The maximum atomic E-state index is 12.5. The van der Waals surface area contributed by atoms with Crippen molar-refractivity contribution in [3.63, 3.8) is 0 Å². The highest BCUT2D eigenvalue weighted by atomic mass is 16.5. The molecular formula is C20H24N2O4. The lowest BCUT2D eigenvalue weighted by Crippen LogP contribution is -2.13. The fraction of sp³-hybridized carbons (Fsp3) is 0.300. The van der Waals surface area contributed by atoms with Gasteiger partial charge in [0.05, 0.1) is 13.2 Å². The average molecular weight is 356 g/mol. The van der Waals surface area contributed by atoms with Gasteiger partial charge in [-0.3, -0.25) is 9.59 Å². The van der Waals surface area contributed by atoms with Gasteiger partial charge < -0.3 is 20.1 Å². The van der Waals surface area contributed by atoms with E-state index < -0.39 is 0 Å². The Morgan fingerprint density at radius 3 is 1.77 bits per heavy atom. The van der Waals surface area contributed by atoms with Gasteiger partial charge in [0, 0.05) is 29.4 Å². The number of carbonyl (C=O) groups is 2. The first-order valence-electron chi connectivity index (χ1n) is 8.67. The predicted molar refractivity (Wildman–Crippen MR) is 102 cm³/mol. The first-order valence-corrected chi connectivity index (χ1v) is 8.67. The summed E-state index contributed by atoms with van der Waals surface area (Å²) in [5.41, 5.74) is 1.76. The summed E-state index contributed by atoms with van der Waals surface area (Å²) in [5.74, 6) is 0.846. The lowest BCUT2D eigenvalue weighted by molar-refractivity contribution is -0.115. The molecule has 0 aromatic heterocycles. The minimum absolute atomic E-state index is 0.0574. The number of hydrogen-bond donors (Lipinski definition) is 2. The SMILES string of the molecule is CCOc1cc(OCC)cc(C(=O)Nc2ccc(NC(=O)CC)cc2)c1. The predicted octanol–water partition coefficient (Wildman–Crippen LogP) is 4.08. The van der Waals surface area contributed by atoms with Gasteiger partial charge in [0.15, 0.2) is 0 Å². The van der Waals surface area contributed by atoms with Crippen LogP contribution in [0.4, 0.5) is 11.4 Å². The van der Waals surface area contributed by atoms with Gasteiger partial charge in [-0.25, -0.2) is 0 Å². The highest BCUT2D eigenvalue weighted by Crippen LogP contribution is 2.24. The van der Waals surface area contributed by atoms with E-state index in [4.69, 9.17) is 9.47 Å². The molecule has 0 bridgehead atoms. The summed E-state index contributed by atoms with van der Waals surface area (Å²) in [7, 11) is 0. The molecule has 0 radical (unpaired) electrons. The van der Waals surface area contributed by atoms with Crippen LogP contribution in [0.15, 0.2) is 42.5 Å². The summed E-state index contributed by atoms with van der Waals surface area (Å²) >= 11 is 0. The summed E-state index contributed by atoms with van der Waals surface area (Å²) in [6.45, 7) is 6.55. The van der Waals surface area contributed by atoms with Crippen molar-refractivity contribution in [3.05, 3.63) is 48.0 Å². The Morgan fingerprint density at radius 1 is 0.808 bits per heavy atom. The Balaban J connectivity index is 2.12. The molecule has 2 aromatic rings. The summed E-state index contributed by atoms with van der Waals surface area (Å²) in [4.78, 5) is 23.9. The van der Waals surface area contributed by atoms with E-state index in [0.717, 1.165) is 0 Å². The molecule has 138 valence electrons. The molecule has 0 aliphatic heterocycles. The molecule has 2 rings (SSSR count). The van der Waals surface area contributed by atoms with Gasteiger partial charge in [-0.15, -0.1) is 0 Å². The van der Waals surface area contributed by atoms with Crippen molar-refractivity contribution in [2.75, 3.05) is 23.8 Å². The second kappa shape index (κ2) is 9.46. The molecule has 2 N–H and O–H groups in total. The zero-order valence-electron chi connectivity index (χ0n) is 15.3. The normalized spacial score (nSPS) is 10.1. The molecule has 0 fully saturated rings. The summed E-state index contributed by atoms with van der Waals surface area (Å²) < 4.78 is 11.0. The number of anilines is 2. The molecule has 0 heterocycles. The quantitative estimate of drug-likeness (QED) is 0.747. The number of nitrogens with one attached hydrogen (secondary N) is 2. The van der Waals surface area contributed by atoms with Crippen LogP contribution in [-0.2, 0) is 4.79 Å². The lowest BCUT2D eigenvalue weighted by atomic mass is 10.1. The average Bonchev–Trinajstić information content (AvgIpc) is 2.63. The summed E-state index contributed by atoms with van der Waals surface area (Å²) in [5, 5.41) is 5.59. The first kappa shape index (κ1) is 19.3. The largest absolute Gasteiger partial charge is 0.494 e. The van der Waals surface area contributed by atoms with Gasteiger partial charge in [-0.1, -0.05) is 6.92 Å². The fourth-order valence-corrected chi connectivity index (χ4v) is 2.29. The molecule has 0 saturated heterocycles. The van der Waals surface area contributed by atoms with Crippen LogP contribution < -0.4 is 20.1 Å². The monoisotopic (exact) mass is 356 g/mol. The molecule has 2 amide bonds. The Labute approximate surface area is 153 Å². The van der Waals surface area contributed by atoms with Gasteiger partial charge in [-0.2, -0.15) is 0 Å². The number of ether oxygens (including phenoxy) is 2. The molecule has 0 aliphatic carbocycles. The zero-order chi connectivity index (χ0) is 18.9. The van der Waals surface area contributed by atoms with Crippen molar-refractivity contribution < 1.29 is 19.1 Å². The third-order valence-corrected chi connectivity index (χ3v) is 3.51. The number of carbonyl (C=O) groups excluding carboxylic acids is 2. The molecule has 26 heavy (non-hydrogen) atoms. The Morgan fingerprint density at radius 2 is 1.31 bits per heavy atom. The van der Waals surface area contributed by atoms with Crippen LogP contribution in [0.2, 0.25) is 0 Å². The molecule has 0 saturated carbocycles. The second-order valence-corrected chi connectivity index (χ2v) is 5.49. The minimum Gasteiger partial charge on any atom is -0.494 e. The van der Waals surface area contributed by atoms with Crippen LogP contribution in [0, 0.1) is 0 Å². The number of amides is 2. The Kier molecular flexibility index (Phi) is 7.02. The second-order valence-electron chi connectivity index (χ2n) is 5.49. The van der Waals surface area contributed by atoms with Gasteiger partial charge in [-0.05, 0) is 50.2 Å². The maximum Gasteiger partial charge on any atom is 0.255 e. The van der Waals surface area contributed by atoms with Gasteiger partial charge >= 0.3 is 0 Å².